The van der Waals surface area contributed by atoms with Crippen LogP contribution < -0.4 is 10.2 Å². The molecule has 0 radical (unpaired) electrons. The molecule has 0 aromatic heterocycles. The van der Waals surface area contributed by atoms with Crippen molar-refractivity contribution in [1.29, 1.82) is 0 Å². The minimum absolute atomic E-state index is 0.174. The van der Waals surface area contributed by atoms with Crippen LogP contribution in [-0.2, 0) is 4.79 Å². The molecule has 1 aromatic rings. The molecule has 1 aliphatic rings. The molecule has 1 heterocycles. The van der Waals surface area contributed by atoms with Gasteiger partial charge >= 0.3 is 0 Å². The number of para-hydroxylation sites is 1. The van der Waals surface area contributed by atoms with Crippen LogP contribution in [0.2, 0.25) is 0 Å². The summed E-state index contributed by atoms with van der Waals surface area (Å²) < 4.78 is 0. The van der Waals surface area contributed by atoms with Gasteiger partial charge in [0.2, 0.25) is 0 Å². The van der Waals surface area contributed by atoms with Crippen LogP contribution in [0.3, 0.4) is 0 Å². The fourth-order valence-corrected chi connectivity index (χ4v) is 3.16. The number of benzene rings is 1. The molecule has 0 spiro atoms. The fraction of sp³-hybridized carbons (Fsp3) is 0.526. The highest BCUT2D eigenvalue weighted by molar-refractivity contribution is 5.93. The Morgan fingerprint density at radius 2 is 1.83 bits per heavy atom. The number of nitrogens with zero attached hydrogens (tertiary/aromatic N) is 2. The summed E-state index contributed by atoms with van der Waals surface area (Å²) in [5, 5.41) is 2.82. The summed E-state index contributed by atoms with van der Waals surface area (Å²) in [5.41, 5.74) is 4.12. The van der Waals surface area contributed by atoms with Crippen LogP contribution in [0.15, 0.2) is 18.2 Å². The van der Waals surface area contributed by atoms with Gasteiger partial charge in [-0.3, -0.25) is 9.69 Å². The molecule has 1 aliphatic heterocycles. The lowest BCUT2D eigenvalue weighted by Crippen LogP contribution is -2.47. The highest BCUT2D eigenvalue weighted by Gasteiger charge is 2.19. The number of rotatable bonds is 5. The van der Waals surface area contributed by atoms with Crippen molar-refractivity contribution < 1.29 is 4.79 Å². The van der Waals surface area contributed by atoms with Gasteiger partial charge in [0.05, 0.1) is 0 Å². The lowest BCUT2D eigenvalue weighted by Gasteiger charge is -2.37. The second-order valence-electron chi connectivity index (χ2n) is 6.05. The van der Waals surface area contributed by atoms with Crippen molar-refractivity contribution in [2.75, 3.05) is 44.2 Å². The Balaban J connectivity index is 1.74. The number of hydrogen-bond donors (Lipinski definition) is 1. The molecule has 0 bridgehead atoms. The molecular weight excluding hydrogens is 286 g/mol. The number of carbonyl (C=O) groups is 1. The van der Waals surface area contributed by atoms with E-state index in [0.717, 1.165) is 39.1 Å². The van der Waals surface area contributed by atoms with E-state index >= 15 is 0 Å². The van der Waals surface area contributed by atoms with Crippen LogP contribution in [-0.4, -0.2) is 50.1 Å². The first-order chi connectivity index (χ1) is 11.1. The van der Waals surface area contributed by atoms with E-state index < -0.39 is 0 Å². The summed E-state index contributed by atoms with van der Waals surface area (Å²) in [4.78, 5) is 16.2. The van der Waals surface area contributed by atoms with E-state index in [4.69, 9.17) is 0 Å². The largest absolute Gasteiger partial charge is 0.369 e. The minimum atomic E-state index is -0.174. The smallest absolute Gasteiger partial charge is 0.295 e. The van der Waals surface area contributed by atoms with Crippen LogP contribution in [0.4, 0.5) is 5.69 Å². The number of piperazine rings is 1. The van der Waals surface area contributed by atoms with Crippen LogP contribution in [0, 0.1) is 25.7 Å². The first-order valence-corrected chi connectivity index (χ1v) is 8.36. The first kappa shape index (κ1) is 17.4. The van der Waals surface area contributed by atoms with Gasteiger partial charge in [-0.15, -0.1) is 0 Å². The van der Waals surface area contributed by atoms with E-state index in [1.807, 2.05) is 0 Å². The lowest BCUT2D eigenvalue weighted by atomic mass is 10.1. The van der Waals surface area contributed by atoms with Gasteiger partial charge in [-0.2, -0.15) is 0 Å². The Morgan fingerprint density at radius 1 is 1.17 bits per heavy atom. The third-order valence-corrected chi connectivity index (χ3v) is 4.30. The molecule has 1 aromatic carbocycles. The molecule has 23 heavy (non-hydrogen) atoms. The van der Waals surface area contributed by atoms with Crippen molar-refractivity contribution in [3.63, 3.8) is 0 Å². The van der Waals surface area contributed by atoms with Gasteiger partial charge in [0, 0.05) is 38.4 Å². The summed E-state index contributed by atoms with van der Waals surface area (Å²) >= 11 is 0. The number of amides is 1. The van der Waals surface area contributed by atoms with Gasteiger partial charge < -0.3 is 10.2 Å². The van der Waals surface area contributed by atoms with Crippen molar-refractivity contribution in [3.8, 4) is 11.8 Å². The molecule has 1 saturated heterocycles. The SMILES string of the molecule is CC#CC(=O)NCCCN1CCN(c2c(C)cccc2C)CC1. The van der Waals surface area contributed by atoms with Gasteiger partial charge in [0.25, 0.3) is 5.91 Å². The molecule has 4 nitrogen and oxygen atoms in total. The zero-order chi connectivity index (χ0) is 16.7. The predicted molar refractivity (Wildman–Crippen MR) is 95.6 cm³/mol. The van der Waals surface area contributed by atoms with E-state index in [2.05, 4.69) is 59.0 Å². The van der Waals surface area contributed by atoms with Crippen molar-refractivity contribution >= 4 is 11.6 Å². The number of aryl methyl sites for hydroxylation is 2. The Labute approximate surface area is 139 Å². The van der Waals surface area contributed by atoms with E-state index in [1.54, 1.807) is 6.92 Å². The van der Waals surface area contributed by atoms with Gasteiger partial charge in [-0.1, -0.05) is 24.1 Å². The quantitative estimate of drug-likeness (QED) is 0.667. The van der Waals surface area contributed by atoms with Crippen molar-refractivity contribution in [3.05, 3.63) is 29.3 Å². The summed E-state index contributed by atoms with van der Waals surface area (Å²) in [7, 11) is 0. The van der Waals surface area contributed by atoms with Crippen molar-refractivity contribution in [2.45, 2.75) is 27.2 Å². The highest BCUT2D eigenvalue weighted by Crippen LogP contribution is 2.25. The topological polar surface area (TPSA) is 35.6 Å². The average molecular weight is 313 g/mol. The van der Waals surface area contributed by atoms with Crippen molar-refractivity contribution in [1.82, 2.24) is 10.2 Å². The van der Waals surface area contributed by atoms with E-state index in [9.17, 15) is 4.79 Å². The number of anilines is 1. The Bertz CT molecular complexity index is 572. The maximum Gasteiger partial charge on any atom is 0.295 e. The zero-order valence-corrected chi connectivity index (χ0v) is 14.5. The van der Waals surface area contributed by atoms with E-state index in [1.165, 1.54) is 16.8 Å². The molecule has 124 valence electrons. The number of carbonyl (C=O) groups excluding carboxylic acids is 1. The highest BCUT2D eigenvalue weighted by atomic mass is 16.1. The molecule has 0 aliphatic carbocycles. The Kier molecular flexibility index (Phi) is 6.49. The van der Waals surface area contributed by atoms with Crippen LogP contribution in [0.5, 0.6) is 0 Å². The molecule has 0 atom stereocenters. The standard InChI is InChI=1S/C19H27N3O/c1-4-7-18(23)20-10-6-11-21-12-14-22(15-13-21)19-16(2)8-5-9-17(19)3/h5,8-9H,6,10-15H2,1-3H3,(H,20,23). The van der Waals surface area contributed by atoms with Gasteiger partial charge in [0.1, 0.15) is 0 Å². The Morgan fingerprint density at radius 3 is 2.43 bits per heavy atom. The summed E-state index contributed by atoms with van der Waals surface area (Å²) in [5.74, 6) is 4.93. The minimum Gasteiger partial charge on any atom is -0.369 e. The van der Waals surface area contributed by atoms with Crippen LogP contribution in [0.1, 0.15) is 24.5 Å². The maximum absolute atomic E-state index is 11.3. The average Bonchev–Trinajstić information content (AvgIpc) is 2.53. The third-order valence-electron chi connectivity index (χ3n) is 4.30. The van der Waals surface area contributed by atoms with E-state index in [-0.39, 0.29) is 5.91 Å². The van der Waals surface area contributed by atoms with Gasteiger partial charge in [-0.25, -0.2) is 0 Å². The molecule has 0 unspecified atom stereocenters. The second-order valence-corrected chi connectivity index (χ2v) is 6.05. The summed E-state index contributed by atoms with van der Waals surface area (Å²) in [6.07, 6.45) is 0.973. The molecule has 2 rings (SSSR count). The second kappa shape index (κ2) is 8.59. The molecule has 1 amide bonds. The van der Waals surface area contributed by atoms with Gasteiger partial charge in [0.15, 0.2) is 0 Å². The van der Waals surface area contributed by atoms with Crippen LogP contribution in [0.25, 0.3) is 0 Å². The molecule has 1 fully saturated rings. The maximum atomic E-state index is 11.3. The summed E-state index contributed by atoms with van der Waals surface area (Å²) in [6.45, 7) is 12.1. The third kappa shape index (κ3) is 5.01. The number of nitrogens with one attached hydrogen (secondary N) is 1. The number of hydrogen-bond acceptors (Lipinski definition) is 3. The molecule has 4 heteroatoms. The van der Waals surface area contributed by atoms with Crippen molar-refractivity contribution in [2.24, 2.45) is 0 Å². The molecular formula is C19H27N3O. The molecule has 1 N–H and O–H groups in total. The fourth-order valence-electron chi connectivity index (χ4n) is 3.16. The summed E-state index contributed by atoms with van der Waals surface area (Å²) in [6, 6.07) is 6.51. The first-order valence-electron chi connectivity index (χ1n) is 8.36. The lowest BCUT2D eigenvalue weighted by molar-refractivity contribution is -0.115. The predicted octanol–water partition coefficient (Wildman–Crippen LogP) is 1.96. The monoisotopic (exact) mass is 313 g/mol. The zero-order valence-electron chi connectivity index (χ0n) is 14.5. The molecule has 0 saturated carbocycles. The van der Waals surface area contributed by atoms with Crippen LogP contribution >= 0.6 is 0 Å². The Hall–Kier alpha value is -1.99. The van der Waals surface area contributed by atoms with Gasteiger partial charge in [-0.05, 0) is 50.8 Å². The normalized spacial score (nSPS) is 15.0. The van der Waals surface area contributed by atoms with E-state index in [0.29, 0.717) is 6.54 Å².